The molecule has 2 nitrogen and oxygen atoms in total. The molecule has 0 saturated carbocycles. The zero-order valence-corrected chi connectivity index (χ0v) is 8.08. The minimum Gasteiger partial charge on any atom is -0.472 e. The molecule has 0 aliphatic rings. The van der Waals surface area contributed by atoms with Gasteiger partial charge in [0.2, 0.25) is 0 Å². The average Bonchev–Trinajstić information content (AvgIpc) is 2.69. The number of nitrogens with two attached hydrogens (primary N) is 1. The third-order valence-corrected chi connectivity index (χ3v) is 2.18. The Morgan fingerprint density at radius 1 is 1.12 bits per heavy atom. The third-order valence-electron chi connectivity index (χ3n) is 2.18. The Hall–Kier alpha value is -1.91. The molecule has 0 spiro atoms. The van der Waals surface area contributed by atoms with E-state index in [0.717, 1.165) is 6.07 Å². The van der Waals surface area contributed by atoms with Crippen LogP contribution < -0.4 is 5.73 Å². The maximum atomic E-state index is 12.7. The molecule has 1 aromatic heterocycles. The summed E-state index contributed by atoms with van der Waals surface area (Å²) >= 11 is 0. The minimum absolute atomic E-state index is 0.0652. The van der Waals surface area contributed by atoms with Crippen LogP contribution in [0.5, 0.6) is 0 Å². The van der Waals surface area contributed by atoms with Crippen LogP contribution in [0, 0.1) is 0 Å². The number of hydrogen-bond donors (Lipinski definition) is 1. The SMILES string of the molecule is Nc1ccc(-c2ccoc2)c(C(F)(F)F)c1. The van der Waals surface area contributed by atoms with Crippen LogP contribution in [0.4, 0.5) is 18.9 Å². The molecule has 2 rings (SSSR count). The molecule has 2 aromatic rings. The van der Waals surface area contributed by atoms with Gasteiger partial charge in [-0.05, 0) is 23.8 Å². The second kappa shape index (κ2) is 3.59. The number of anilines is 1. The molecule has 5 heteroatoms. The van der Waals surface area contributed by atoms with E-state index in [0.29, 0.717) is 5.56 Å². The molecular formula is C11H8F3NO. The second-order valence-electron chi connectivity index (χ2n) is 3.31. The number of benzene rings is 1. The maximum Gasteiger partial charge on any atom is 0.417 e. The van der Waals surface area contributed by atoms with Crippen LogP contribution in [-0.4, -0.2) is 0 Å². The number of nitrogen functional groups attached to an aromatic ring is 1. The van der Waals surface area contributed by atoms with Gasteiger partial charge in [-0.1, -0.05) is 6.07 Å². The molecule has 0 unspecified atom stereocenters. The Morgan fingerprint density at radius 2 is 1.88 bits per heavy atom. The molecule has 0 bridgehead atoms. The molecule has 0 saturated heterocycles. The van der Waals surface area contributed by atoms with Crippen molar-refractivity contribution in [2.75, 3.05) is 5.73 Å². The van der Waals surface area contributed by atoms with E-state index in [-0.39, 0.29) is 11.3 Å². The highest BCUT2D eigenvalue weighted by atomic mass is 19.4. The highest BCUT2D eigenvalue weighted by molar-refractivity contribution is 5.69. The fourth-order valence-electron chi connectivity index (χ4n) is 1.47. The van der Waals surface area contributed by atoms with Gasteiger partial charge >= 0.3 is 6.18 Å². The predicted molar refractivity (Wildman–Crippen MR) is 53.6 cm³/mol. The molecule has 0 radical (unpaired) electrons. The van der Waals surface area contributed by atoms with E-state index in [1.165, 1.54) is 30.7 Å². The summed E-state index contributed by atoms with van der Waals surface area (Å²) in [5, 5.41) is 0. The second-order valence-corrected chi connectivity index (χ2v) is 3.31. The van der Waals surface area contributed by atoms with E-state index in [9.17, 15) is 13.2 Å². The van der Waals surface area contributed by atoms with Gasteiger partial charge in [0.05, 0.1) is 18.1 Å². The topological polar surface area (TPSA) is 39.2 Å². The van der Waals surface area contributed by atoms with Crippen molar-refractivity contribution in [1.82, 2.24) is 0 Å². The van der Waals surface area contributed by atoms with Gasteiger partial charge in [-0.15, -0.1) is 0 Å². The summed E-state index contributed by atoms with van der Waals surface area (Å²) in [5.74, 6) is 0. The van der Waals surface area contributed by atoms with E-state index < -0.39 is 11.7 Å². The van der Waals surface area contributed by atoms with Crippen molar-refractivity contribution in [3.05, 3.63) is 42.4 Å². The number of halogens is 3. The van der Waals surface area contributed by atoms with E-state index in [2.05, 4.69) is 0 Å². The van der Waals surface area contributed by atoms with Crippen LogP contribution in [-0.2, 0) is 6.18 Å². The van der Waals surface area contributed by atoms with Gasteiger partial charge < -0.3 is 10.2 Å². The van der Waals surface area contributed by atoms with Gasteiger partial charge in [0.25, 0.3) is 0 Å². The van der Waals surface area contributed by atoms with Crippen LogP contribution >= 0.6 is 0 Å². The summed E-state index contributed by atoms with van der Waals surface area (Å²) in [4.78, 5) is 0. The van der Waals surface area contributed by atoms with E-state index in [1.54, 1.807) is 0 Å². The molecule has 0 aliphatic carbocycles. The third kappa shape index (κ3) is 1.88. The average molecular weight is 227 g/mol. The highest BCUT2D eigenvalue weighted by Crippen LogP contribution is 2.38. The Balaban J connectivity index is 2.62. The molecule has 0 fully saturated rings. The first kappa shape index (κ1) is 10.6. The summed E-state index contributed by atoms with van der Waals surface area (Å²) in [7, 11) is 0. The van der Waals surface area contributed by atoms with E-state index in [4.69, 9.17) is 10.2 Å². The Labute approximate surface area is 89.5 Å². The monoisotopic (exact) mass is 227 g/mol. The van der Waals surface area contributed by atoms with Gasteiger partial charge in [0, 0.05) is 11.3 Å². The Kier molecular flexibility index (Phi) is 2.38. The van der Waals surface area contributed by atoms with E-state index >= 15 is 0 Å². The van der Waals surface area contributed by atoms with Crippen LogP contribution in [0.1, 0.15) is 5.56 Å². The van der Waals surface area contributed by atoms with E-state index in [1.807, 2.05) is 0 Å². The molecule has 0 aliphatic heterocycles. The van der Waals surface area contributed by atoms with Crippen LogP contribution in [0.3, 0.4) is 0 Å². The van der Waals surface area contributed by atoms with Crippen molar-refractivity contribution in [3.63, 3.8) is 0 Å². The van der Waals surface area contributed by atoms with Gasteiger partial charge in [-0.25, -0.2) is 0 Å². The summed E-state index contributed by atoms with van der Waals surface area (Å²) in [6.07, 6.45) is -1.84. The minimum atomic E-state index is -4.43. The lowest BCUT2D eigenvalue weighted by Gasteiger charge is -2.12. The quantitative estimate of drug-likeness (QED) is 0.756. The zero-order valence-electron chi connectivity index (χ0n) is 8.08. The first-order valence-electron chi connectivity index (χ1n) is 4.48. The first-order valence-corrected chi connectivity index (χ1v) is 4.48. The normalized spacial score (nSPS) is 11.7. The summed E-state index contributed by atoms with van der Waals surface area (Å²) < 4.78 is 43.0. The molecular weight excluding hydrogens is 219 g/mol. The predicted octanol–water partition coefficient (Wildman–Crippen LogP) is 3.55. The van der Waals surface area contributed by atoms with Crippen LogP contribution in [0.15, 0.2) is 41.2 Å². The summed E-state index contributed by atoms with van der Waals surface area (Å²) in [6, 6.07) is 5.16. The number of alkyl halides is 3. The van der Waals surface area contributed by atoms with Gasteiger partial charge in [-0.3, -0.25) is 0 Å². The molecule has 0 atom stereocenters. The number of furan rings is 1. The molecule has 1 heterocycles. The van der Waals surface area contributed by atoms with Gasteiger partial charge in [-0.2, -0.15) is 13.2 Å². The smallest absolute Gasteiger partial charge is 0.417 e. The zero-order chi connectivity index (χ0) is 11.8. The first-order chi connectivity index (χ1) is 7.48. The van der Waals surface area contributed by atoms with Crippen molar-refractivity contribution >= 4 is 5.69 Å². The number of hydrogen-bond acceptors (Lipinski definition) is 2. The largest absolute Gasteiger partial charge is 0.472 e. The molecule has 84 valence electrons. The molecule has 1 aromatic carbocycles. The fourth-order valence-corrected chi connectivity index (χ4v) is 1.47. The van der Waals surface area contributed by atoms with Crippen molar-refractivity contribution in [3.8, 4) is 11.1 Å². The maximum absolute atomic E-state index is 12.7. The summed E-state index contributed by atoms with van der Waals surface area (Å²) in [5.41, 5.74) is 5.13. The lowest BCUT2D eigenvalue weighted by molar-refractivity contribution is -0.137. The van der Waals surface area contributed by atoms with Crippen molar-refractivity contribution in [2.24, 2.45) is 0 Å². The molecule has 2 N–H and O–H groups in total. The van der Waals surface area contributed by atoms with Crippen molar-refractivity contribution in [1.29, 1.82) is 0 Å². The lowest BCUT2D eigenvalue weighted by atomic mass is 10.0. The fraction of sp³-hybridized carbons (Fsp3) is 0.0909. The van der Waals surface area contributed by atoms with Gasteiger partial charge in [0.1, 0.15) is 0 Å². The standard InChI is InChI=1S/C11H8F3NO/c12-11(13,14)10-5-8(15)1-2-9(10)7-3-4-16-6-7/h1-6H,15H2. The highest BCUT2D eigenvalue weighted by Gasteiger charge is 2.34. The Morgan fingerprint density at radius 3 is 2.44 bits per heavy atom. The lowest BCUT2D eigenvalue weighted by Crippen LogP contribution is -2.07. The van der Waals surface area contributed by atoms with Crippen molar-refractivity contribution < 1.29 is 17.6 Å². The van der Waals surface area contributed by atoms with Crippen LogP contribution in [0.25, 0.3) is 11.1 Å². The molecule has 16 heavy (non-hydrogen) atoms. The van der Waals surface area contributed by atoms with Crippen molar-refractivity contribution in [2.45, 2.75) is 6.18 Å². The Bertz CT molecular complexity index is 488. The number of rotatable bonds is 1. The van der Waals surface area contributed by atoms with Crippen LogP contribution in [0.2, 0.25) is 0 Å². The van der Waals surface area contributed by atoms with Gasteiger partial charge in [0.15, 0.2) is 0 Å². The summed E-state index contributed by atoms with van der Waals surface area (Å²) in [6.45, 7) is 0. The molecule has 0 amide bonds.